The summed E-state index contributed by atoms with van der Waals surface area (Å²) in [6, 6.07) is 0. The number of hydrogen-bond donors (Lipinski definition) is 2. The van der Waals surface area contributed by atoms with Gasteiger partial charge in [-0.05, 0) is 6.42 Å². The molecule has 0 saturated carbocycles. The molecule has 0 aromatic carbocycles. The molecule has 1 unspecified atom stereocenters. The fraction of sp³-hybridized carbons (Fsp3) is 0.818. The minimum atomic E-state index is -1.02. The van der Waals surface area contributed by atoms with Gasteiger partial charge in [0.15, 0.2) is 0 Å². The summed E-state index contributed by atoms with van der Waals surface area (Å²) in [5, 5.41) is 10.7. The summed E-state index contributed by atoms with van der Waals surface area (Å²) in [7, 11) is 0. The number of unbranched alkanes of at least 4 members (excludes halogenated alkanes) is 4. The Labute approximate surface area is 105 Å². The van der Waals surface area contributed by atoms with Crippen molar-refractivity contribution in [3.8, 4) is 0 Å². The molecule has 0 aliphatic heterocycles. The number of carbonyl (C=O) groups excluding carboxylic acids is 1. The number of nitrogens with one attached hydrogen (secondary N) is 1. The van der Waals surface area contributed by atoms with E-state index in [1.165, 1.54) is 19.3 Å². The first-order chi connectivity index (χ1) is 7.57. The van der Waals surface area contributed by atoms with Crippen LogP contribution in [0.3, 0.4) is 0 Å². The summed E-state index contributed by atoms with van der Waals surface area (Å²) in [6.07, 6.45) is 6.52. The van der Waals surface area contributed by atoms with Gasteiger partial charge in [0.05, 0.1) is 4.83 Å². The molecule has 0 aliphatic rings. The van der Waals surface area contributed by atoms with Crippen molar-refractivity contribution < 1.29 is 14.7 Å². The second-order valence-electron chi connectivity index (χ2n) is 3.78. The third-order valence-corrected chi connectivity index (χ3v) is 3.13. The maximum Gasteiger partial charge on any atom is 0.322 e. The smallest absolute Gasteiger partial charge is 0.322 e. The zero-order chi connectivity index (χ0) is 12.4. The van der Waals surface area contributed by atoms with E-state index in [1.807, 2.05) is 0 Å². The maximum absolute atomic E-state index is 11.3. The lowest BCUT2D eigenvalue weighted by atomic mass is 10.1. The monoisotopic (exact) mass is 293 g/mol. The number of rotatable bonds is 9. The Kier molecular flexibility index (Phi) is 9.28. The third kappa shape index (κ3) is 8.71. The molecule has 16 heavy (non-hydrogen) atoms. The van der Waals surface area contributed by atoms with E-state index in [0.717, 1.165) is 19.3 Å². The molecule has 0 spiro atoms. The number of amides is 1. The van der Waals surface area contributed by atoms with E-state index in [-0.39, 0.29) is 17.3 Å². The first-order valence-electron chi connectivity index (χ1n) is 5.71. The molecule has 0 aromatic rings. The van der Waals surface area contributed by atoms with Crippen LogP contribution in [-0.2, 0) is 9.59 Å². The molecule has 1 atom stereocenters. The molecule has 5 heteroatoms. The van der Waals surface area contributed by atoms with Gasteiger partial charge in [0.1, 0.15) is 6.54 Å². The van der Waals surface area contributed by atoms with Crippen LogP contribution in [0.5, 0.6) is 0 Å². The van der Waals surface area contributed by atoms with Gasteiger partial charge in [0.25, 0.3) is 0 Å². The largest absolute Gasteiger partial charge is 0.480 e. The Hall–Kier alpha value is -0.580. The van der Waals surface area contributed by atoms with Gasteiger partial charge in [-0.3, -0.25) is 9.59 Å². The van der Waals surface area contributed by atoms with Crippen molar-refractivity contribution in [3.63, 3.8) is 0 Å². The van der Waals surface area contributed by atoms with Crippen LogP contribution in [0.15, 0.2) is 0 Å². The van der Waals surface area contributed by atoms with E-state index in [9.17, 15) is 9.59 Å². The van der Waals surface area contributed by atoms with Crippen LogP contribution in [0.1, 0.15) is 45.4 Å². The highest BCUT2D eigenvalue weighted by molar-refractivity contribution is 9.10. The minimum Gasteiger partial charge on any atom is -0.480 e. The predicted octanol–water partition coefficient (Wildman–Crippen LogP) is 2.31. The van der Waals surface area contributed by atoms with Crippen LogP contribution in [-0.4, -0.2) is 28.4 Å². The topological polar surface area (TPSA) is 66.4 Å². The van der Waals surface area contributed by atoms with Crippen molar-refractivity contribution in [3.05, 3.63) is 0 Å². The molecule has 0 bridgehead atoms. The number of carboxylic acids is 1. The number of halogens is 1. The highest BCUT2D eigenvalue weighted by atomic mass is 79.9. The molecule has 2 N–H and O–H groups in total. The highest BCUT2D eigenvalue weighted by Gasteiger charge is 2.14. The van der Waals surface area contributed by atoms with E-state index in [0.29, 0.717) is 0 Å². The quantitative estimate of drug-likeness (QED) is 0.506. The summed E-state index contributed by atoms with van der Waals surface area (Å²) in [4.78, 5) is 21.3. The molecule has 94 valence electrons. The van der Waals surface area contributed by atoms with E-state index in [4.69, 9.17) is 5.11 Å². The highest BCUT2D eigenvalue weighted by Crippen LogP contribution is 2.12. The Bertz CT molecular complexity index is 221. The molecule has 0 radical (unpaired) electrons. The van der Waals surface area contributed by atoms with Crippen molar-refractivity contribution in [2.24, 2.45) is 0 Å². The molecule has 0 saturated heterocycles. The van der Waals surface area contributed by atoms with Crippen LogP contribution in [0.2, 0.25) is 0 Å². The number of carboxylic acid groups (broad SMARTS) is 1. The molecule has 0 rings (SSSR count). The average Bonchev–Trinajstić information content (AvgIpc) is 2.25. The second kappa shape index (κ2) is 9.63. The standard InChI is InChI=1S/C11H20BrNO3/c1-2-3-4-5-6-7-9(12)11(16)13-8-10(14)15/h9H,2-8H2,1H3,(H,13,16)(H,14,15). The Morgan fingerprint density at radius 2 is 1.88 bits per heavy atom. The molecular weight excluding hydrogens is 274 g/mol. The third-order valence-electron chi connectivity index (χ3n) is 2.26. The number of carbonyl (C=O) groups is 2. The summed E-state index contributed by atoms with van der Waals surface area (Å²) in [5.74, 6) is -1.26. The molecule has 0 aromatic heterocycles. The van der Waals surface area contributed by atoms with Crippen molar-refractivity contribution >= 4 is 27.8 Å². The van der Waals surface area contributed by atoms with Gasteiger partial charge in [-0.15, -0.1) is 0 Å². The molecule has 0 fully saturated rings. The molecule has 1 amide bonds. The number of alkyl halides is 1. The first-order valence-corrected chi connectivity index (χ1v) is 6.63. The Morgan fingerprint density at radius 1 is 1.25 bits per heavy atom. The summed E-state index contributed by atoms with van der Waals surface area (Å²) >= 11 is 3.26. The molecule has 0 aliphatic carbocycles. The normalized spacial score (nSPS) is 12.1. The van der Waals surface area contributed by atoms with Crippen molar-refractivity contribution in [2.75, 3.05) is 6.54 Å². The van der Waals surface area contributed by atoms with Crippen LogP contribution < -0.4 is 5.32 Å². The zero-order valence-electron chi connectivity index (χ0n) is 9.67. The van der Waals surface area contributed by atoms with E-state index in [1.54, 1.807) is 0 Å². The van der Waals surface area contributed by atoms with Crippen molar-refractivity contribution in [1.29, 1.82) is 0 Å². The lowest BCUT2D eigenvalue weighted by molar-refractivity contribution is -0.137. The predicted molar refractivity (Wildman–Crippen MR) is 66.7 cm³/mol. The van der Waals surface area contributed by atoms with Gasteiger partial charge in [-0.2, -0.15) is 0 Å². The van der Waals surface area contributed by atoms with Gasteiger partial charge in [0.2, 0.25) is 5.91 Å². The lowest BCUT2D eigenvalue weighted by Crippen LogP contribution is -2.34. The van der Waals surface area contributed by atoms with Crippen LogP contribution in [0, 0.1) is 0 Å². The average molecular weight is 294 g/mol. The number of aliphatic carboxylic acids is 1. The Morgan fingerprint density at radius 3 is 2.44 bits per heavy atom. The van der Waals surface area contributed by atoms with Gasteiger partial charge in [-0.1, -0.05) is 55.0 Å². The van der Waals surface area contributed by atoms with Gasteiger partial charge >= 0.3 is 5.97 Å². The van der Waals surface area contributed by atoms with Crippen LogP contribution in [0.25, 0.3) is 0 Å². The Balaban J connectivity index is 3.51. The summed E-state index contributed by atoms with van der Waals surface area (Å²) in [6.45, 7) is 1.85. The summed E-state index contributed by atoms with van der Waals surface area (Å²) < 4.78 is 0. The van der Waals surface area contributed by atoms with Crippen molar-refractivity contribution in [1.82, 2.24) is 5.32 Å². The fourth-order valence-electron chi connectivity index (χ4n) is 1.33. The molecule has 4 nitrogen and oxygen atoms in total. The van der Waals surface area contributed by atoms with Gasteiger partial charge in [-0.25, -0.2) is 0 Å². The molecule has 0 heterocycles. The SMILES string of the molecule is CCCCCCCC(Br)C(=O)NCC(=O)O. The zero-order valence-corrected chi connectivity index (χ0v) is 11.3. The van der Waals surface area contributed by atoms with Crippen LogP contribution >= 0.6 is 15.9 Å². The van der Waals surface area contributed by atoms with Crippen molar-refractivity contribution in [2.45, 2.75) is 50.3 Å². The fourth-order valence-corrected chi connectivity index (χ4v) is 1.82. The summed E-state index contributed by atoms with van der Waals surface area (Å²) in [5.41, 5.74) is 0. The van der Waals surface area contributed by atoms with Crippen LogP contribution in [0.4, 0.5) is 0 Å². The first kappa shape index (κ1) is 15.4. The van der Waals surface area contributed by atoms with Gasteiger partial charge < -0.3 is 10.4 Å². The van der Waals surface area contributed by atoms with E-state index >= 15 is 0 Å². The number of hydrogen-bond acceptors (Lipinski definition) is 2. The minimum absolute atomic E-state index is 0.238. The lowest BCUT2D eigenvalue weighted by Gasteiger charge is -2.09. The van der Waals surface area contributed by atoms with Gasteiger partial charge in [0, 0.05) is 0 Å². The van der Waals surface area contributed by atoms with E-state index < -0.39 is 5.97 Å². The maximum atomic E-state index is 11.3. The molecular formula is C11H20BrNO3. The second-order valence-corrected chi connectivity index (χ2v) is 4.89. The van der Waals surface area contributed by atoms with E-state index in [2.05, 4.69) is 28.2 Å².